The highest BCUT2D eigenvalue weighted by atomic mass is 16.2. The lowest BCUT2D eigenvalue weighted by atomic mass is 9.94. The molecular weight excluding hydrogens is 276 g/mol. The highest BCUT2D eigenvalue weighted by molar-refractivity contribution is 5.80. The summed E-state index contributed by atoms with van der Waals surface area (Å²) >= 11 is 0. The van der Waals surface area contributed by atoms with E-state index in [4.69, 9.17) is 0 Å². The molecule has 0 bridgehead atoms. The molecule has 4 heteroatoms. The van der Waals surface area contributed by atoms with E-state index in [0.717, 1.165) is 70.6 Å². The van der Waals surface area contributed by atoms with Gasteiger partial charge in [-0.25, -0.2) is 0 Å². The molecule has 0 radical (unpaired) electrons. The van der Waals surface area contributed by atoms with Crippen molar-refractivity contribution in [1.29, 1.82) is 0 Å². The Hall–Kier alpha value is -1.06. The summed E-state index contributed by atoms with van der Waals surface area (Å²) in [5, 5.41) is 0. The lowest BCUT2D eigenvalue weighted by molar-refractivity contribution is -0.140. The zero-order valence-corrected chi connectivity index (χ0v) is 13.8. The molecule has 0 spiro atoms. The molecule has 0 N–H and O–H groups in total. The van der Waals surface area contributed by atoms with Gasteiger partial charge < -0.3 is 9.80 Å². The molecule has 0 aromatic rings. The Balaban J connectivity index is 1.38. The van der Waals surface area contributed by atoms with Crippen LogP contribution in [0, 0.1) is 11.8 Å². The van der Waals surface area contributed by atoms with E-state index in [1.54, 1.807) is 0 Å². The third-order valence-corrected chi connectivity index (χ3v) is 5.86. The summed E-state index contributed by atoms with van der Waals surface area (Å²) in [7, 11) is 0. The van der Waals surface area contributed by atoms with Crippen LogP contribution in [0.25, 0.3) is 0 Å². The lowest BCUT2D eigenvalue weighted by Crippen LogP contribution is -2.43. The Morgan fingerprint density at radius 1 is 0.773 bits per heavy atom. The van der Waals surface area contributed by atoms with Gasteiger partial charge in [0.05, 0.1) is 0 Å². The van der Waals surface area contributed by atoms with Crippen LogP contribution in [0.5, 0.6) is 0 Å². The van der Waals surface area contributed by atoms with Gasteiger partial charge in [0, 0.05) is 38.5 Å². The molecule has 2 heterocycles. The van der Waals surface area contributed by atoms with Crippen LogP contribution in [0.2, 0.25) is 0 Å². The molecule has 4 nitrogen and oxygen atoms in total. The zero-order chi connectivity index (χ0) is 15.4. The monoisotopic (exact) mass is 306 g/mol. The van der Waals surface area contributed by atoms with Crippen LogP contribution in [0.4, 0.5) is 0 Å². The summed E-state index contributed by atoms with van der Waals surface area (Å²) in [6, 6.07) is 0. The lowest BCUT2D eigenvalue weighted by Gasteiger charge is -2.33. The SMILES string of the molecule is O=C(CCC1CCCC1)N1CCC(C(=O)N2CCCC2)CC1. The number of piperidine rings is 1. The van der Waals surface area contributed by atoms with Crippen molar-refractivity contribution in [2.45, 2.75) is 64.2 Å². The van der Waals surface area contributed by atoms with Crippen LogP contribution in [0.1, 0.15) is 64.2 Å². The van der Waals surface area contributed by atoms with Crippen LogP contribution >= 0.6 is 0 Å². The largest absolute Gasteiger partial charge is 0.343 e. The number of carbonyl (C=O) groups excluding carboxylic acids is 2. The summed E-state index contributed by atoms with van der Waals surface area (Å²) in [5.74, 6) is 1.62. The Kier molecular flexibility index (Phi) is 5.37. The van der Waals surface area contributed by atoms with Crippen molar-refractivity contribution in [1.82, 2.24) is 9.80 Å². The van der Waals surface area contributed by atoms with Gasteiger partial charge in [-0.05, 0) is 38.0 Å². The minimum absolute atomic E-state index is 0.164. The fourth-order valence-electron chi connectivity index (χ4n) is 4.36. The summed E-state index contributed by atoms with van der Waals surface area (Å²) in [4.78, 5) is 28.7. The van der Waals surface area contributed by atoms with E-state index in [9.17, 15) is 9.59 Å². The van der Waals surface area contributed by atoms with Crippen LogP contribution < -0.4 is 0 Å². The predicted molar refractivity (Wildman–Crippen MR) is 86.3 cm³/mol. The summed E-state index contributed by atoms with van der Waals surface area (Å²) < 4.78 is 0. The van der Waals surface area contributed by atoms with Crippen LogP contribution in [0.3, 0.4) is 0 Å². The maximum atomic E-state index is 12.4. The maximum absolute atomic E-state index is 12.4. The van der Waals surface area contributed by atoms with Crippen molar-refractivity contribution in [2.24, 2.45) is 11.8 Å². The minimum atomic E-state index is 0.164. The van der Waals surface area contributed by atoms with Gasteiger partial charge in [-0.15, -0.1) is 0 Å². The first kappa shape index (κ1) is 15.8. The quantitative estimate of drug-likeness (QED) is 0.801. The van der Waals surface area contributed by atoms with Crippen LogP contribution in [0.15, 0.2) is 0 Å². The fraction of sp³-hybridized carbons (Fsp3) is 0.889. The van der Waals surface area contributed by atoms with Gasteiger partial charge in [0.2, 0.25) is 11.8 Å². The van der Waals surface area contributed by atoms with Crippen molar-refractivity contribution in [3.63, 3.8) is 0 Å². The highest BCUT2D eigenvalue weighted by Crippen LogP contribution is 2.29. The smallest absolute Gasteiger partial charge is 0.225 e. The standard InChI is InChI=1S/C18H30N2O2/c21-17(8-7-15-5-1-2-6-15)19-13-9-16(10-14-19)18(22)20-11-3-4-12-20/h15-16H,1-14H2. The summed E-state index contributed by atoms with van der Waals surface area (Å²) in [6.45, 7) is 3.46. The van der Waals surface area contributed by atoms with Gasteiger partial charge in [0.1, 0.15) is 0 Å². The van der Waals surface area contributed by atoms with E-state index >= 15 is 0 Å². The Morgan fingerprint density at radius 2 is 1.41 bits per heavy atom. The molecule has 3 aliphatic rings. The van der Waals surface area contributed by atoms with Crippen molar-refractivity contribution in [3.05, 3.63) is 0 Å². The molecule has 2 amide bonds. The van der Waals surface area contributed by atoms with E-state index in [1.165, 1.54) is 25.7 Å². The molecular formula is C18H30N2O2. The van der Waals surface area contributed by atoms with Gasteiger partial charge in [0.25, 0.3) is 0 Å². The molecule has 0 aromatic carbocycles. The highest BCUT2D eigenvalue weighted by Gasteiger charge is 2.31. The molecule has 22 heavy (non-hydrogen) atoms. The second-order valence-corrected chi connectivity index (χ2v) is 7.38. The number of carbonyl (C=O) groups is 2. The van der Waals surface area contributed by atoms with E-state index < -0.39 is 0 Å². The van der Waals surface area contributed by atoms with E-state index in [-0.39, 0.29) is 5.92 Å². The van der Waals surface area contributed by atoms with E-state index in [0.29, 0.717) is 11.8 Å². The average Bonchev–Trinajstić information content (AvgIpc) is 3.25. The first-order chi connectivity index (χ1) is 10.7. The second kappa shape index (κ2) is 7.47. The minimum Gasteiger partial charge on any atom is -0.343 e. The molecule has 3 fully saturated rings. The van der Waals surface area contributed by atoms with Gasteiger partial charge in [-0.1, -0.05) is 25.7 Å². The summed E-state index contributed by atoms with van der Waals surface area (Å²) in [6.07, 6.45) is 11.2. The number of rotatable bonds is 4. The molecule has 1 saturated carbocycles. The number of hydrogen-bond donors (Lipinski definition) is 0. The number of likely N-dealkylation sites (tertiary alicyclic amines) is 2. The van der Waals surface area contributed by atoms with E-state index in [1.807, 2.05) is 9.80 Å². The third-order valence-electron chi connectivity index (χ3n) is 5.86. The third kappa shape index (κ3) is 3.82. The van der Waals surface area contributed by atoms with Crippen molar-refractivity contribution in [3.8, 4) is 0 Å². The summed E-state index contributed by atoms with van der Waals surface area (Å²) in [5.41, 5.74) is 0. The average molecular weight is 306 g/mol. The van der Waals surface area contributed by atoms with Crippen LogP contribution in [-0.4, -0.2) is 47.8 Å². The van der Waals surface area contributed by atoms with Gasteiger partial charge in [-0.2, -0.15) is 0 Å². The second-order valence-electron chi connectivity index (χ2n) is 7.38. The number of nitrogens with zero attached hydrogens (tertiary/aromatic N) is 2. The fourth-order valence-corrected chi connectivity index (χ4v) is 4.36. The first-order valence-electron chi connectivity index (χ1n) is 9.30. The topological polar surface area (TPSA) is 40.6 Å². The molecule has 124 valence electrons. The van der Waals surface area contributed by atoms with Crippen molar-refractivity contribution >= 4 is 11.8 Å². The molecule has 3 rings (SSSR count). The Labute approximate surface area is 134 Å². The Morgan fingerprint density at radius 3 is 2.05 bits per heavy atom. The van der Waals surface area contributed by atoms with Gasteiger partial charge in [0.15, 0.2) is 0 Å². The van der Waals surface area contributed by atoms with Crippen molar-refractivity contribution in [2.75, 3.05) is 26.2 Å². The van der Waals surface area contributed by atoms with Gasteiger partial charge in [-0.3, -0.25) is 9.59 Å². The maximum Gasteiger partial charge on any atom is 0.225 e. The number of hydrogen-bond acceptors (Lipinski definition) is 2. The van der Waals surface area contributed by atoms with Crippen molar-refractivity contribution < 1.29 is 9.59 Å². The zero-order valence-electron chi connectivity index (χ0n) is 13.8. The Bertz CT molecular complexity index is 390. The number of amides is 2. The molecule has 2 aliphatic heterocycles. The molecule has 0 aromatic heterocycles. The molecule has 0 unspecified atom stereocenters. The predicted octanol–water partition coefficient (Wildman–Crippen LogP) is 2.82. The first-order valence-corrected chi connectivity index (χ1v) is 9.30. The molecule has 2 saturated heterocycles. The molecule has 1 aliphatic carbocycles. The van der Waals surface area contributed by atoms with Crippen LogP contribution in [-0.2, 0) is 9.59 Å². The molecule has 0 atom stereocenters. The van der Waals surface area contributed by atoms with Gasteiger partial charge >= 0.3 is 0 Å². The normalized spacial score (nSPS) is 24.2. The van der Waals surface area contributed by atoms with E-state index in [2.05, 4.69) is 0 Å².